The van der Waals surface area contributed by atoms with Crippen molar-refractivity contribution in [2.75, 3.05) is 26.2 Å². The fraction of sp³-hybridized carbons (Fsp3) is 0.348. The molecule has 3 aromatic rings. The lowest BCUT2D eigenvalue weighted by Gasteiger charge is -2.29. The van der Waals surface area contributed by atoms with E-state index in [0.29, 0.717) is 37.4 Å². The van der Waals surface area contributed by atoms with Crippen molar-refractivity contribution in [1.82, 2.24) is 25.0 Å². The number of likely N-dealkylation sites (tertiary alicyclic amines) is 2. The second kappa shape index (κ2) is 7.48. The van der Waals surface area contributed by atoms with Gasteiger partial charge in [-0.2, -0.15) is 5.10 Å². The average molecular weight is 403 g/mol. The number of amides is 2. The van der Waals surface area contributed by atoms with Crippen LogP contribution >= 0.6 is 0 Å². The van der Waals surface area contributed by atoms with Gasteiger partial charge in [-0.15, -0.1) is 0 Å². The van der Waals surface area contributed by atoms with Gasteiger partial charge in [0.25, 0.3) is 11.8 Å². The van der Waals surface area contributed by atoms with Gasteiger partial charge in [0.1, 0.15) is 5.69 Å². The van der Waals surface area contributed by atoms with Crippen molar-refractivity contribution < 1.29 is 9.59 Å². The molecule has 4 heterocycles. The molecule has 2 fully saturated rings. The summed E-state index contributed by atoms with van der Waals surface area (Å²) in [6.45, 7) is 2.70. The number of aryl methyl sites for hydroxylation is 1. The monoisotopic (exact) mass is 403 g/mol. The summed E-state index contributed by atoms with van der Waals surface area (Å²) in [6, 6.07) is 14.0. The summed E-state index contributed by atoms with van der Waals surface area (Å²) in [7, 11) is 0. The third kappa shape index (κ3) is 3.30. The molecule has 7 heteroatoms. The first-order chi connectivity index (χ1) is 14.6. The lowest BCUT2D eigenvalue weighted by atomic mass is 9.76. The molecule has 1 aromatic carbocycles. The predicted molar refractivity (Wildman–Crippen MR) is 112 cm³/mol. The number of fused-ring (bicyclic) bond motifs is 1. The molecule has 2 aliphatic heterocycles. The van der Waals surface area contributed by atoms with E-state index in [1.54, 1.807) is 24.7 Å². The molecule has 0 saturated carbocycles. The van der Waals surface area contributed by atoms with Gasteiger partial charge < -0.3 is 14.8 Å². The summed E-state index contributed by atoms with van der Waals surface area (Å²) in [5, 5.41) is 6.70. The maximum Gasteiger partial charge on any atom is 0.271 e. The number of aromatic nitrogens is 3. The van der Waals surface area contributed by atoms with E-state index in [9.17, 15) is 9.59 Å². The molecular formula is C23H25N5O2. The Balaban J connectivity index is 1.37. The van der Waals surface area contributed by atoms with Gasteiger partial charge in [-0.1, -0.05) is 30.3 Å². The smallest absolute Gasteiger partial charge is 0.271 e. The molecule has 154 valence electrons. The van der Waals surface area contributed by atoms with Crippen molar-refractivity contribution in [1.29, 1.82) is 0 Å². The number of aromatic amines is 2. The van der Waals surface area contributed by atoms with Gasteiger partial charge in [0.15, 0.2) is 0 Å². The maximum absolute atomic E-state index is 13.0. The zero-order valence-corrected chi connectivity index (χ0v) is 16.8. The topological polar surface area (TPSA) is 85.1 Å². The van der Waals surface area contributed by atoms with Crippen LogP contribution in [0.2, 0.25) is 0 Å². The first-order valence-electron chi connectivity index (χ1n) is 10.4. The number of carbonyl (C=O) groups excluding carboxylic acids is 2. The van der Waals surface area contributed by atoms with Crippen molar-refractivity contribution in [3.63, 3.8) is 0 Å². The van der Waals surface area contributed by atoms with E-state index in [2.05, 4.69) is 39.4 Å². The Morgan fingerprint density at radius 1 is 1.03 bits per heavy atom. The molecule has 2 aromatic heterocycles. The van der Waals surface area contributed by atoms with E-state index >= 15 is 0 Å². The minimum Gasteiger partial charge on any atom is -0.367 e. The van der Waals surface area contributed by atoms with Crippen LogP contribution in [-0.4, -0.2) is 63.0 Å². The molecule has 0 unspecified atom stereocenters. The highest BCUT2D eigenvalue weighted by molar-refractivity contribution is 5.94. The Bertz CT molecular complexity index is 955. The summed E-state index contributed by atoms with van der Waals surface area (Å²) in [6.07, 6.45) is 7.02. The summed E-state index contributed by atoms with van der Waals surface area (Å²) in [5.41, 5.74) is 2.42. The molecular weight excluding hydrogens is 378 g/mol. The lowest BCUT2D eigenvalue weighted by molar-refractivity contribution is 0.0708. The number of H-pyrrole nitrogens is 2. The van der Waals surface area contributed by atoms with Crippen LogP contribution in [0, 0.1) is 11.3 Å². The summed E-state index contributed by atoms with van der Waals surface area (Å²) < 4.78 is 0. The Kier molecular flexibility index (Phi) is 4.65. The fourth-order valence-electron chi connectivity index (χ4n) is 5.07. The van der Waals surface area contributed by atoms with Crippen LogP contribution in [0.4, 0.5) is 0 Å². The number of benzene rings is 1. The summed E-state index contributed by atoms with van der Waals surface area (Å²) in [4.78, 5) is 32.8. The van der Waals surface area contributed by atoms with Crippen LogP contribution in [0.3, 0.4) is 0 Å². The van der Waals surface area contributed by atoms with Gasteiger partial charge in [-0.25, -0.2) is 0 Å². The van der Waals surface area contributed by atoms with Gasteiger partial charge >= 0.3 is 0 Å². The highest BCUT2D eigenvalue weighted by Crippen LogP contribution is 2.46. The lowest BCUT2D eigenvalue weighted by Crippen LogP contribution is -2.39. The average Bonchev–Trinajstić information content (AvgIpc) is 3.56. The van der Waals surface area contributed by atoms with E-state index < -0.39 is 0 Å². The van der Waals surface area contributed by atoms with Gasteiger partial charge in [0, 0.05) is 56.1 Å². The van der Waals surface area contributed by atoms with E-state index in [-0.39, 0.29) is 23.1 Å². The van der Waals surface area contributed by atoms with Crippen molar-refractivity contribution in [2.45, 2.75) is 12.8 Å². The molecule has 0 aliphatic carbocycles. The first kappa shape index (κ1) is 18.7. The van der Waals surface area contributed by atoms with Crippen molar-refractivity contribution in [3.8, 4) is 0 Å². The number of rotatable bonds is 5. The minimum absolute atomic E-state index is 0.00972. The van der Waals surface area contributed by atoms with E-state index in [1.807, 2.05) is 21.9 Å². The second-order valence-corrected chi connectivity index (χ2v) is 8.49. The van der Waals surface area contributed by atoms with Gasteiger partial charge in [-0.05, 0) is 30.5 Å². The van der Waals surface area contributed by atoms with Crippen molar-refractivity contribution in [3.05, 3.63) is 77.9 Å². The molecule has 2 saturated heterocycles. The van der Waals surface area contributed by atoms with Crippen LogP contribution in [0.1, 0.15) is 32.8 Å². The molecule has 2 amide bonds. The summed E-state index contributed by atoms with van der Waals surface area (Å²) >= 11 is 0. The van der Waals surface area contributed by atoms with Crippen LogP contribution < -0.4 is 0 Å². The predicted octanol–water partition coefficient (Wildman–Crippen LogP) is 2.59. The second-order valence-electron chi connectivity index (χ2n) is 8.49. The maximum atomic E-state index is 13.0. The number of carbonyl (C=O) groups is 2. The van der Waals surface area contributed by atoms with Crippen LogP contribution in [0.15, 0.2) is 61.1 Å². The minimum atomic E-state index is -0.0858. The molecule has 7 nitrogen and oxygen atoms in total. The Morgan fingerprint density at radius 2 is 1.80 bits per heavy atom. The first-order valence-corrected chi connectivity index (χ1v) is 10.4. The standard InChI is InChI=1S/C23H25N5O2/c29-21(18-7-10-24-12-18)27-13-19-14-28(22(30)20-8-11-25-26-20)16-23(19,15-27)9-6-17-4-2-1-3-5-17/h1-5,7-8,10-12,19,24H,6,9,13-16H2,(H,25,26)/t19-,23+/m1/s1. The van der Waals surface area contributed by atoms with Crippen molar-refractivity contribution in [2.24, 2.45) is 11.3 Å². The fourth-order valence-corrected chi connectivity index (χ4v) is 5.07. The molecule has 2 aliphatic rings. The molecule has 2 N–H and O–H groups in total. The van der Waals surface area contributed by atoms with Gasteiger partial charge in [-0.3, -0.25) is 14.7 Å². The third-order valence-electron chi connectivity index (χ3n) is 6.66. The Labute approximate surface area is 175 Å². The summed E-state index contributed by atoms with van der Waals surface area (Å²) in [5.74, 6) is 0.330. The number of hydrogen-bond acceptors (Lipinski definition) is 3. The molecule has 0 spiro atoms. The quantitative estimate of drug-likeness (QED) is 0.687. The molecule has 30 heavy (non-hydrogen) atoms. The highest BCUT2D eigenvalue weighted by Gasteiger charge is 2.54. The number of nitrogens with one attached hydrogen (secondary N) is 2. The number of nitrogens with zero attached hydrogens (tertiary/aromatic N) is 3. The molecule has 2 atom stereocenters. The van der Waals surface area contributed by atoms with Crippen LogP contribution in [0.5, 0.6) is 0 Å². The number of hydrogen-bond donors (Lipinski definition) is 2. The Hall–Kier alpha value is -3.35. The van der Waals surface area contributed by atoms with Crippen LogP contribution in [-0.2, 0) is 6.42 Å². The largest absolute Gasteiger partial charge is 0.367 e. The third-order valence-corrected chi connectivity index (χ3v) is 6.66. The van der Waals surface area contributed by atoms with E-state index in [4.69, 9.17) is 0 Å². The SMILES string of the molecule is O=C(c1cc[nH]c1)N1C[C@@H]2CN(C(=O)c3ccn[nH]3)C[C@]2(CCc2ccccc2)C1. The van der Waals surface area contributed by atoms with Gasteiger partial charge in [0.05, 0.1) is 5.56 Å². The van der Waals surface area contributed by atoms with Crippen LogP contribution in [0.25, 0.3) is 0 Å². The molecule has 5 rings (SSSR count). The zero-order valence-electron chi connectivity index (χ0n) is 16.8. The van der Waals surface area contributed by atoms with E-state index in [0.717, 1.165) is 12.8 Å². The van der Waals surface area contributed by atoms with Gasteiger partial charge in [0.2, 0.25) is 0 Å². The zero-order chi connectivity index (χ0) is 20.6. The molecule has 0 bridgehead atoms. The van der Waals surface area contributed by atoms with Crippen molar-refractivity contribution >= 4 is 11.8 Å². The highest BCUT2D eigenvalue weighted by atomic mass is 16.2. The Morgan fingerprint density at radius 3 is 2.47 bits per heavy atom. The van der Waals surface area contributed by atoms with E-state index in [1.165, 1.54) is 5.56 Å². The normalized spacial score (nSPS) is 23.0. The molecule has 0 radical (unpaired) electrons.